The third kappa shape index (κ3) is 53.6. The van der Waals surface area contributed by atoms with Crippen molar-refractivity contribution >= 4 is 48.1 Å². The van der Waals surface area contributed by atoms with E-state index in [0.29, 0.717) is 49.9 Å². The maximum Gasteiger partial charge on any atom is 0.220 e. The Morgan fingerprint density at radius 2 is 0.671 bits per heavy atom. The van der Waals surface area contributed by atoms with Gasteiger partial charge in [0.05, 0.1) is 41.9 Å². The molecule has 0 aliphatic carbocycles. The summed E-state index contributed by atoms with van der Waals surface area (Å²) in [5.74, 6) is -0.954. The summed E-state index contributed by atoms with van der Waals surface area (Å²) in [7, 11) is -13.1. The van der Waals surface area contributed by atoms with Crippen LogP contribution in [0, 0.1) is 17.8 Å². The molecule has 0 rings (SSSR count). The van der Waals surface area contributed by atoms with Gasteiger partial charge in [-0.05, 0) is 82.0 Å². The van der Waals surface area contributed by atoms with Crippen LogP contribution in [-0.2, 0) is 44.7 Å². The highest BCUT2D eigenvalue weighted by atomic mass is 32.2. The standard InChI is InChI=1S/C61H119N3O12S3/c1-4-7-10-13-16-18-20-24-31-41-56(43-33-28-37-48-61(67)64-51-54-79(74,75)76)58(45-35-29-38-47-59(65)62-49-39-52-77(68,69)70)57(44-34-26-21-17-14-11-8-5-2)55(40-30-23-19-15-12-9-6-3)42-32-25-22-27-36-46-60(66)63-50-53-78(71,72)73/h41,55,57-58H,4-40,42-54H2,1-3H3,(H,62,65)(H,63,66)(H,64,67)(H,68,69,70)(H,71,72,73)(H,74,75,76)/p-3/b56-41-. The summed E-state index contributed by atoms with van der Waals surface area (Å²) in [4.78, 5) is 37.8. The van der Waals surface area contributed by atoms with Gasteiger partial charge in [0.15, 0.2) is 0 Å². The lowest BCUT2D eigenvalue weighted by Crippen LogP contribution is -2.28. The van der Waals surface area contributed by atoms with Crippen LogP contribution in [0.1, 0.15) is 303 Å². The molecular formula is C61H116N3O12S3-3. The highest BCUT2D eigenvalue weighted by Crippen LogP contribution is 2.42. The third-order valence-corrected chi connectivity index (χ3v) is 17.8. The van der Waals surface area contributed by atoms with Crippen LogP contribution in [0.15, 0.2) is 11.6 Å². The minimum atomic E-state index is -4.41. The number of carbonyl (C=O) groups is 3. The molecule has 0 fully saturated rings. The van der Waals surface area contributed by atoms with Crippen molar-refractivity contribution in [2.45, 2.75) is 303 Å². The number of hydrogen-bond donors (Lipinski definition) is 3. The Labute approximate surface area is 484 Å². The number of unbranched alkanes of at least 4 members (excludes halogenated alkanes) is 29. The Morgan fingerprint density at radius 3 is 1.09 bits per heavy atom. The molecule has 3 N–H and O–H groups in total. The van der Waals surface area contributed by atoms with Crippen molar-refractivity contribution in [1.82, 2.24) is 16.0 Å². The van der Waals surface area contributed by atoms with Crippen molar-refractivity contribution in [3.8, 4) is 0 Å². The molecule has 0 aromatic carbocycles. The first-order valence-corrected chi connectivity index (χ1v) is 36.8. The van der Waals surface area contributed by atoms with Crippen molar-refractivity contribution in [2.24, 2.45) is 17.8 Å². The first-order chi connectivity index (χ1) is 37.8. The molecule has 0 aliphatic rings. The summed E-state index contributed by atoms with van der Waals surface area (Å²) >= 11 is 0. The predicted molar refractivity (Wildman–Crippen MR) is 321 cm³/mol. The molecule has 0 heterocycles. The first kappa shape index (κ1) is 76.9. The van der Waals surface area contributed by atoms with Gasteiger partial charge >= 0.3 is 0 Å². The van der Waals surface area contributed by atoms with Crippen LogP contribution < -0.4 is 16.0 Å². The summed E-state index contributed by atoms with van der Waals surface area (Å²) in [5, 5.41) is 7.94. The van der Waals surface area contributed by atoms with E-state index in [1.165, 1.54) is 154 Å². The molecular weight excluding hydrogens is 1060 g/mol. The lowest BCUT2D eigenvalue weighted by Gasteiger charge is -2.37. The van der Waals surface area contributed by atoms with Crippen molar-refractivity contribution < 1.29 is 53.3 Å². The lowest BCUT2D eigenvalue weighted by atomic mass is 9.68. The molecule has 468 valence electrons. The fourth-order valence-electron chi connectivity index (χ4n) is 11.1. The first-order valence-electron chi connectivity index (χ1n) is 32.1. The molecule has 0 spiro atoms. The van der Waals surface area contributed by atoms with Gasteiger partial charge in [-0.15, -0.1) is 0 Å². The van der Waals surface area contributed by atoms with Gasteiger partial charge in [-0.3, -0.25) is 14.4 Å². The molecule has 3 amide bonds. The molecule has 0 radical (unpaired) electrons. The molecule has 0 aromatic heterocycles. The smallest absolute Gasteiger partial charge is 0.220 e. The Balaban J connectivity index is 6.88. The van der Waals surface area contributed by atoms with Gasteiger partial charge in [-0.25, -0.2) is 25.3 Å². The van der Waals surface area contributed by atoms with Crippen molar-refractivity contribution in [2.75, 3.05) is 36.9 Å². The highest BCUT2D eigenvalue weighted by Gasteiger charge is 2.31. The second-order valence-corrected chi connectivity index (χ2v) is 27.5. The minimum Gasteiger partial charge on any atom is -0.748 e. The molecule has 0 bridgehead atoms. The van der Waals surface area contributed by atoms with Gasteiger partial charge in [-0.1, -0.05) is 231 Å². The van der Waals surface area contributed by atoms with Crippen LogP contribution in [0.2, 0.25) is 0 Å². The molecule has 0 saturated heterocycles. The second-order valence-electron chi connectivity index (χ2n) is 22.9. The molecule has 3 unspecified atom stereocenters. The SMILES string of the molecule is CCCCCCCCCC/C=C(/CCCCCC(=O)NCCS(=O)(=O)[O-])C(CCCCCC(=O)NCCCS(=O)(=O)[O-])C(CCCCCCCCCC)C(CCCCCCCCC)CCCCCCCC(=O)NCCS(=O)(=O)[O-]. The number of allylic oxidation sites excluding steroid dienone is 2. The molecule has 79 heavy (non-hydrogen) atoms. The average Bonchev–Trinajstić information content (AvgIpc) is 3.38. The van der Waals surface area contributed by atoms with Gasteiger partial charge in [0, 0.05) is 44.6 Å². The maximum atomic E-state index is 12.8. The lowest BCUT2D eigenvalue weighted by molar-refractivity contribution is -0.122. The van der Waals surface area contributed by atoms with Crippen LogP contribution in [0.4, 0.5) is 0 Å². The van der Waals surface area contributed by atoms with E-state index >= 15 is 0 Å². The second kappa shape index (κ2) is 51.5. The Morgan fingerprint density at radius 1 is 0.354 bits per heavy atom. The fraction of sp³-hybridized carbons (Fsp3) is 0.918. The van der Waals surface area contributed by atoms with E-state index in [1.807, 2.05) is 0 Å². The van der Waals surface area contributed by atoms with E-state index in [-0.39, 0.29) is 50.2 Å². The van der Waals surface area contributed by atoms with Crippen molar-refractivity contribution in [3.63, 3.8) is 0 Å². The normalized spacial score (nSPS) is 13.6. The van der Waals surface area contributed by atoms with E-state index in [4.69, 9.17) is 0 Å². The van der Waals surface area contributed by atoms with Crippen molar-refractivity contribution in [1.29, 1.82) is 0 Å². The number of hydrogen-bond acceptors (Lipinski definition) is 12. The minimum absolute atomic E-state index is 0.0941. The zero-order valence-corrected chi connectivity index (χ0v) is 52.7. The number of rotatable bonds is 59. The Bertz CT molecular complexity index is 1860. The fourth-order valence-corrected chi connectivity index (χ4v) is 12.3. The summed E-state index contributed by atoms with van der Waals surface area (Å²) in [5.41, 5.74) is 1.54. The van der Waals surface area contributed by atoms with Gasteiger partial charge in [-0.2, -0.15) is 0 Å². The van der Waals surface area contributed by atoms with Gasteiger partial charge in [0.2, 0.25) is 17.7 Å². The Kier molecular flexibility index (Phi) is 50.1. The van der Waals surface area contributed by atoms with E-state index in [1.54, 1.807) is 5.57 Å². The number of carbonyl (C=O) groups excluding carboxylic acids is 3. The van der Waals surface area contributed by atoms with Crippen molar-refractivity contribution in [3.05, 3.63) is 11.6 Å². The van der Waals surface area contributed by atoms with Crippen LogP contribution in [-0.4, -0.2) is 93.5 Å². The van der Waals surface area contributed by atoms with E-state index in [2.05, 4.69) is 42.8 Å². The highest BCUT2D eigenvalue weighted by molar-refractivity contribution is 7.86. The topological polar surface area (TPSA) is 259 Å². The summed E-state index contributed by atoms with van der Waals surface area (Å²) in [6, 6.07) is 0. The number of nitrogens with one attached hydrogen (secondary N) is 3. The van der Waals surface area contributed by atoms with E-state index in [9.17, 15) is 53.3 Å². The molecule has 3 atom stereocenters. The Hall–Kier alpha value is -2.12. The average molecular weight is 1180 g/mol. The molecule has 0 saturated carbocycles. The van der Waals surface area contributed by atoms with Gasteiger partial charge in [0.25, 0.3) is 0 Å². The number of amides is 3. The zero-order chi connectivity index (χ0) is 58.7. The molecule has 15 nitrogen and oxygen atoms in total. The summed E-state index contributed by atoms with van der Waals surface area (Å²) < 4.78 is 99.6. The maximum absolute atomic E-state index is 12.8. The third-order valence-electron chi connectivity index (χ3n) is 15.6. The van der Waals surface area contributed by atoms with Crippen LogP contribution in [0.3, 0.4) is 0 Å². The largest absolute Gasteiger partial charge is 0.748 e. The summed E-state index contributed by atoms with van der Waals surface area (Å²) in [6.45, 7) is 6.57. The monoisotopic (exact) mass is 1180 g/mol. The van der Waals surface area contributed by atoms with Crippen LogP contribution in [0.25, 0.3) is 0 Å². The molecule has 0 aromatic rings. The van der Waals surface area contributed by atoms with Gasteiger partial charge in [0.1, 0.15) is 0 Å². The predicted octanol–water partition coefficient (Wildman–Crippen LogP) is 14.0. The molecule has 0 aliphatic heterocycles. The van der Waals surface area contributed by atoms with Crippen LogP contribution in [0.5, 0.6) is 0 Å². The zero-order valence-electron chi connectivity index (χ0n) is 50.3. The summed E-state index contributed by atoms with van der Waals surface area (Å²) in [6.07, 6.45) is 48.6. The van der Waals surface area contributed by atoms with Crippen LogP contribution >= 0.6 is 0 Å². The quantitative estimate of drug-likeness (QED) is 0.0292. The van der Waals surface area contributed by atoms with E-state index < -0.39 is 47.6 Å². The van der Waals surface area contributed by atoms with Gasteiger partial charge < -0.3 is 29.6 Å². The molecule has 18 heteroatoms. The van der Waals surface area contributed by atoms with E-state index in [0.717, 1.165) is 83.5 Å².